The number of nitrogens with one attached hydrogen (secondary N) is 1. The lowest BCUT2D eigenvalue weighted by Gasteiger charge is -2.14. The average Bonchev–Trinajstić information content (AvgIpc) is 2.44. The van der Waals surface area contributed by atoms with Crippen LogP contribution >= 0.6 is 0 Å². The molecule has 1 aromatic carbocycles. The molecule has 0 aliphatic heterocycles. The second-order valence-electron chi connectivity index (χ2n) is 4.04. The first-order chi connectivity index (χ1) is 9.52. The summed E-state index contributed by atoms with van der Waals surface area (Å²) < 4.78 is 38.5. The van der Waals surface area contributed by atoms with Gasteiger partial charge in [0.25, 0.3) is 0 Å². The minimum absolute atomic E-state index is 0.0317. The summed E-state index contributed by atoms with van der Waals surface area (Å²) in [6.45, 7) is -0.0317. The van der Waals surface area contributed by atoms with E-state index in [4.69, 9.17) is 5.26 Å². The number of nitriles is 1. The van der Waals surface area contributed by atoms with E-state index in [0.29, 0.717) is 11.3 Å². The van der Waals surface area contributed by atoms with Crippen LogP contribution < -0.4 is 5.32 Å². The summed E-state index contributed by atoms with van der Waals surface area (Å²) >= 11 is 0. The van der Waals surface area contributed by atoms with Crippen LogP contribution in [0.4, 0.5) is 18.9 Å². The van der Waals surface area contributed by atoms with E-state index < -0.39 is 11.7 Å². The lowest BCUT2D eigenvalue weighted by Crippen LogP contribution is -2.12. The molecule has 6 heteroatoms. The van der Waals surface area contributed by atoms with Crippen LogP contribution in [0.3, 0.4) is 0 Å². The van der Waals surface area contributed by atoms with E-state index >= 15 is 0 Å². The largest absolute Gasteiger partial charge is 0.416 e. The Kier molecular flexibility index (Phi) is 3.89. The van der Waals surface area contributed by atoms with E-state index in [0.717, 1.165) is 6.07 Å². The third-order valence-electron chi connectivity index (χ3n) is 2.73. The van der Waals surface area contributed by atoms with Crippen molar-refractivity contribution in [2.75, 3.05) is 5.32 Å². The molecule has 0 bridgehead atoms. The third-order valence-corrected chi connectivity index (χ3v) is 2.73. The van der Waals surface area contributed by atoms with E-state index in [9.17, 15) is 13.2 Å². The second kappa shape index (κ2) is 5.61. The molecule has 0 amide bonds. The van der Waals surface area contributed by atoms with Gasteiger partial charge < -0.3 is 5.32 Å². The van der Waals surface area contributed by atoms with E-state index in [1.54, 1.807) is 6.07 Å². The molecule has 2 rings (SSSR count). The fraction of sp³-hybridized carbons (Fsp3) is 0.143. The van der Waals surface area contributed by atoms with E-state index in [2.05, 4.69) is 10.3 Å². The number of halogens is 3. The van der Waals surface area contributed by atoms with Crippen LogP contribution in [0, 0.1) is 11.3 Å². The molecule has 1 N–H and O–H groups in total. The number of rotatable bonds is 3. The van der Waals surface area contributed by atoms with Crippen LogP contribution in [-0.2, 0) is 12.7 Å². The molecule has 1 heterocycles. The number of anilines is 1. The summed E-state index contributed by atoms with van der Waals surface area (Å²) in [5.41, 5.74) is 0.180. The molecule has 0 saturated carbocycles. The zero-order valence-corrected chi connectivity index (χ0v) is 10.3. The Morgan fingerprint density at radius 1 is 1.20 bits per heavy atom. The summed E-state index contributed by atoms with van der Waals surface area (Å²) in [6.07, 6.45) is -1.53. The molecule has 20 heavy (non-hydrogen) atoms. The lowest BCUT2D eigenvalue weighted by atomic mass is 10.1. The number of hydrogen-bond acceptors (Lipinski definition) is 3. The maximum Gasteiger partial charge on any atom is 0.416 e. The van der Waals surface area contributed by atoms with Crippen molar-refractivity contribution in [1.82, 2.24) is 4.98 Å². The van der Waals surface area contributed by atoms with Crippen LogP contribution in [0.15, 0.2) is 42.7 Å². The molecule has 0 atom stereocenters. The highest BCUT2D eigenvalue weighted by atomic mass is 19.4. The van der Waals surface area contributed by atoms with Gasteiger partial charge in [-0.1, -0.05) is 18.2 Å². The first-order valence-corrected chi connectivity index (χ1v) is 5.75. The van der Waals surface area contributed by atoms with E-state index in [1.165, 1.54) is 30.6 Å². The standard InChI is InChI=1S/C14H10F3N3/c15-14(16,17)12-4-2-1-3-11(12)8-20-13-9-19-6-5-10(13)7-18/h1-6,9,20H,8H2. The zero-order chi connectivity index (χ0) is 14.6. The van der Waals surface area contributed by atoms with Crippen molar-refractivity contribution in [3.05, 3.63) is 59.4 Å². The third kappa shape index (κ3) is 3.06. The Hall–Kier alpha value is -2.55. The molecule has 0 aliphatic rings. The Balaban J connectivity index is 2.22. The van der Waals surface area contributed by atoms with Gasteiger partial charge in [0, 0.05) is 12.7 Å². The van der Waals surface area contributed by atoms with Crippen LogP contribution in [0.25, 0.3) is 0 Å². The highest BCUT2D eigenvalue weighted by Gasteiger charge is 2.32. The molecule has 0 unspecified atom stereocenters. The first kappa shape index (κ1) is 13.9. The number of hydrogen-bond donors (Lipinski definition) is 1. The summed E-state index contributed by atoms with van der Waals surface area (Å²) in [7, 11) is 0. The molecule has 0 saturated heterocycles. The Morgan fingerprint density at radius 2 is 1.95 bits per heavy atom. The van der Waals surface area contributed by atoms with Gasteiger partial charge in [0.2, 0.25) is 0 Å². The number of benzene rings is 1. The Bertz CT molecular complexity index is 645. The van der Waals surface area contributed by atoms with Crippen LogP contribution in [0.2, 0.25) is 0 Å². The summed E-state index contributed by atoms with van der Waals surface area (Å²) in [4.78, 5) is 3.84. The molecule has 0 spiro atoms. The van der Waals surface area contributed by atoms with Gasteiger partial charge in [0.05, 0.1) is 23.0 Å². The smallest absolute Gasteiger partial charge is 0.379 e. The highest BCUT2D eigenvalue weighted by Crippen LogP contribution is 2.32. The van der Waals surface area contributed by atoms with E-state index in [-0.39, 0.29) is 12.1 Å². The Morgan fingerprint density at radius 3 is 2.65 bits per heavy atom. The molecule has 1 aromatic heterocycles. The predicted octanol–water partition coefficient (Wildman–Crippen LogP) is 3.58. The molecule has 0 radical (unpaired) electrons. The first-order valence-electron chi connectivity index (χ1n) is 5.75. The summed E-state index contributed by atoms with van der Waals surface area (Å²) in [5.74, 6) is 0. The quantitative estimate of drug-likeness (QED) is 0.932. The monoisotopic (exact) mass is 277 g/mol. The van der Waals surface area contributed by atoms with Crippen molar-refractivity contribution < 1.29 is 13.2 Å². The molecule has 0 fully saturated rings. The Labute approximate surface area is 113 Å². The van der Waals surface area contributed by atoms with Gasteiger partial charge in [-0.3, -0.25) is 4.98 Å². The SMILES string of the molecule is N#Cc1ccncc1NCc1ccccc1C(F)(F)F. The van der Waals surface area contributed by atoms with E-state index in [1.807, 2.05) is 6.07 Å². The number of nitrogens with zero attached hydrogens (tertiary/aromatic N) is 2. The van der Waals surface area contributed by atoms with Gasteiger partial charge >= 0.3 is 6.18 Å². The average molecular weight is 277 g/mol. The van der Waals surface area contributed by atoms with Gasteiger partial charge in [-0.25, -0.2) is 0 Å². The lowest BCUT2D eigenvalue weighted by molar-refractivity contribution is -0.138. The second-order valence-corrected chi connectivity index (χ2v) is 4.04. The van der Waals surface area contributed by atoms with Gasteiger partial charge in [-0.05, 0) is 17.7 Å². The van der Waals surface area contributed by atoms with Crippen molar-refractivity contribution in [3.63, 3.8) is 0 Å². The number of aromatic nitrogens is 1. The number of pyridine rings is 1. The van der Waals surface area contributed by atoms with Crippen molar-refractivity contribution in [2.45, 2.75) is 12.7 Å². The summed E-state index contributed by atoms with van der Waals surface area (Å²) in [6, 6.07) is 8.77. The topological polar surface area (TPSA) is 48.7 Å². The minimum atomic E-state index is -4.40. The molecule has 102 valence electrons. The molecular weight excluding hydrogens is 267 g/mol. The summed E-state index contributed by atoms with van der Waals surface area (Å²) in [5, 5.41) is 11.7. The fourth-order valence-electron chi connectivity index (χ4n) is 1.77. The molecule has 3 nitrogen and oxygen atoms in total. The maximum atomic E-state index is 12.8. The van der Waals surface area contributed by atoms with Gasteiger partial charge in [-0.2, -0.15) is 18.4 Å². The molecule has 0 aliphatic carbocycles. The van der Waals surface area contributed by atoms with Crippen molar-refractivity contribution >= 4 is 5.69 Å². The van der Waals surface area contributed by atoms with Crippen molar-refractivity contribution in [3.8, 4) is 6.07 Å². The number of alkyl halides is 3. The molecular formula is C14H10F3N3. The van der Waals surface area contributed by atoms with Gasteiger partial charge in [0.1, 0.15) is 6.07 Å². The fourth-order valence-corrected chi connectivity index (χ4v) is 1.77. The molecule has 2 aromatic rings. The zero-order valence-electron chi connectivity index (χ0n) is 10.3. The van der Waals surface area contributed by atoms with Crippen LogP contribution in [0.5, 0.6) is 0 Å². The normalized spacial score (nSPS) is 10.9. The van der Waals surface area contributed by atoms with Crippen LogP contribution in [0.1, 0.15) is 16.7 Å². The highest BCUT2D eigenvalue weighted by molar-refractivity contribution is 5.55. The van der Waals surface area contributed by atoms with Gasteiger partial charge in [0.15, 0.2) is 0 Å². The van der Waals surface area contributed by atoms with Crippen molar-refractivity contribution in [2.24, 2.45) is 0 Å². The minimum Gasteiger partial charge on any atom is -0.379 e. The maximum absolute atomic E-state index is 12.8. The van der Waals surface area contributed by atoms with Gasteiger partial charge in [-0.15, -0.1) is 0 Å². The van der Waals surface area contributed by atoms with Crippen LogP contribution in [-0.4, -0.2) is 4.98 Å². The predicted molar refractivity (Wildman–Crippen MR) is 67.7 cm³/mol. The van der Waals surface area contributed by atoms with Crippen molar-refractivity contribution in [1.29, 1.82) is 5.26 Å².